The molecule has 0 aromatic heterocycles. The first-order valence-electron chi connectivity index (χ1n) is 6.29. The molecule has 0 heterocycles. The van der Waals surface area contributed by atoms with E-state index in [4.69, 9.17) is 10.5 Å². The zero-order valence-corrected chi connectivity index (χ0v) is 13.1. The number of anilines is 1. The number of ether oxygens (including phenoxy) is 2. The Morgan fingerprint density at radius 1 is 1.33 bits per heavy atom. The predicted molar refractivity (Wildman–Crippen MR) is 78.5 cm³/mol. The van der Waals surface area contributed by atoms with Gasteiger partial charge in [-0.25, -0.2) is 12.7 Å². The Kier molecular flexibility index (Phi) is 5.98. The molecule has 2 N–H and O–H groups in total. The fourth-order valence-electron chi connectivity index (χ4n) is 1.72. The quantitative estimate of drug-likeness (QED) is 0.591. The molecule has 1 rings (SSSR count). The van der Waals surface area contributed by atoms with Gasteiger partial charge in [0.05, 0.1) is 19.9 Å². The molecule has 1 aromatic carbocycles. The van der Waals surface area contributed by atoms with Crippen molar-refractivity contribution in [2.75, 3.05) is 33.5 Å². The zero-order chi connectivity index (χ0) is 16.0. The SMILES string of the molecule is COC(=O)CCCN(C)S(=O)(=O)c1ccc(OC)cc1N. The molecule has 0 atom stereocenters. The summed E-state index contributed by atoms with van der Waals surface area (Å²) in [7, 11) is 0.509. The number of rotatable bonds is 7. The molecule has 0 bridgehead atoms. The van der Waals surface area contributed by atoms with Gasteiger partial charge in [0.2, 0.25) is 10.0 Å². The molecule has 0 saturated carbocycles. The average molecular weight is 316 g/mol. The lowest BCUT2D eigenvalue weighted by molar-refractivity contribution is -0.140. The number of esters is 1. The second-order valence-electron chi connectivity index (χ2n) is 4.41. The van der Waals surface area contributed by atoms with Gasteiger partial charge in [-0.15, -0.1) is 0 Å². The lowest BCUT2D eigenvalue weighted by Gasteiger charge is -2.18. The maximum atomic E-state index is 12.4. The average Bonchev–Trinajstić information content (AvgIpc) is 2.46. The predicted octanol–water partition coefficient (Wildman–Crippen LogP) is 0.851. The Morgan fingerprint density at radius 3 is 2.52 bits per heavy atom. The van der Waals surface area contributed by atoms with E-state index in [0.29, 0.717) is 12.2 Å². The van der Waals surface area contributed by atoms with Gasteiger partial charge < -0.3 is 15.2 Å². The minimum atomic E-state index is -3.70. The number of carbonyl (C=O) groups is 1. The summed E-state index contributed by atoms with van der Waals surface area (Å²) >= 11 is 0. The summed E-state index contributed by atoms with van der Waals surface area (Å²) in [6, 6.07) is 4.39. The van der Waals surface area contributed by atoms with Crippen molar-refractivity contribution in [2.24, 2.45) is 0 Å². The maximum Gasteiger partial charge on any atom is 0.305 e. The van der Waals surface area contributed by atoms with Gasteiger partial charge in [0.1, 0.15) is 10.6 Å². The van der Waals surface area contributed by atoms with Crippen LogP contribution in [0.2, 0.25) is 0 Å². The number of nitrogens with two attached hydrogens (primary N) is 1. The van der Waals surface area contributed by atoms with Crippen LogP contribution in [0.5, 0.6) is 5.75 Å². The molecular formula is C13H20N2O5S. The van der Waals surface area contributed by atoms with E-state index in [1.54, 1.807) is 0 Å². The fraction of sp³-hybridized carbons (Fsp3) is 0.462. The van der Waals surface area contributed by atoms with E-state index in [2.05, 4.69) is 4.74 Å². The zero-order valence-electron chi connectivity index (χ0n) is 12.3. The van der Waals surface area contributed by atoms with Crippen molar-refractivity contribution in [3.05, 3.63) is 18.2 Å². The van der Waals surface area contributed by atoms with Crippen LogP contribution in [0, 0.1) is 0 Å². The highest BCUT2D eigenvalue weighted by Gasteiger charge is 2.23. The van der Waals surface area contributed by atoms with E-state index < -0.39 is 10.0 Å². The first kappa shape index (κ1) is 17.3. The normalized spacial score (nSPS) is 11.4. The largest absolute Gasteiger partial charge is 0.497 e. The minimum Gasteiger partial charge on any atom is -0.497 e. The van der Waals surface area contributed by atoms with Gasteiger partial charge >= 0.3 is 5.97 Å². The van der Waals surface area contributed by atoms with Crippen LogP contribution in [-0.4, -0.2) is 46.5 Å². The molecule has 0 radical (unpaired) electrons. The van der Waals surface area contributed by atoms with Gasteiger partial charge in [-0.1, -0.05) is 0 Å². The third-order valence-corrected chi connectivity index (χ3v) is 4.92. The number of nitrogens with zero attached hydrogens (tertiary/aromatic N) is 1. The first-order chi connectivity index (χ1) is 9.82. The van der Waals surface area contributed by atoms with Crippen LogP contribution in [0.3, 0.4) is 0 Å². The van der Waals surface area contributed by atoms with Crippen molar-refractivity contribution in [3.63, 3.8) is 0 Å². The van der Waals surface area contributed by atoms with Gasteiger partial charge in [-0.2, -0.15) is 0 Å². The Hall–Kier alpha value is -1.80. The van der Waals surface area contributed by atoms with Crippen LogP contribution < -0.4 is 10.5 Å². The van der Waals surface area contributed by atoms with Gasteiger partial charge in [-0.05, 0) is 18.6 Å². The van der Waals surface area contributed by atoms with Crippen molar-refractivity contribution in [1.82, 2.24) is 4.31 Å². The topological polar surface area (TPSA) is 98.9 Å². The molecule has 0 unspecified atom stereocenters. The molecule has 8 heteroatoms. The number of methoxy groups -OCH3 is 2. The van der Waals surface area contributed by atoms with E-state index in [0.717, 1.165) is 4.31 Å². The van der Waals surface area contributed by atoms with Gasteiger partial charge in [0, 0.05) is 26.1 Å². The van der Waals surface area contributed by atoms with E-state index in [1.165, 1.54) is 39.5 Å². The summed E-state index contributed by atoms with van der Waals surface area (Å²) in [5, 5.41) is 0. The Morgan fingerprint density at radius 2 is 2.00 bits per heavy atom. The van der Waals surface area contributed by atoms with Gasteiger partial charge in [0.15, 0.2) is 0 Å². The summed E-state index contributed by atoms with van der Waals surface area (Å²) in [5.41, 5.74) is 5.88. The molecule has 21 heavy (non-hydrogen) atoms. The lowest BCUT2D eigenvalue weighted by atomic mass is 10.3. The Labute approximate surface area is 124 Å². The molecular weight excluding hydrogens is 296 g/mol. The number of hydrogen-bond acceptors (Lipinski definition) is 6. The van der Waals surface area contributed by atoms with E-state index in [-0.39, 0.29) is 29.5 Å². The van der Waals surface area contributed by atoms with Gasteiger partial charge in [0.25, 0.3) is 0 Å². The van der Waals surface area contributed by atoms with Crippen LogP contribution >= 0.6 is 0 Å². The third-order valence-electron chi connectivity index (χ3n) is 2.99. The third kappa shape index (κ3) is 4.33. The lowest BCUT2D eigenvalue weighted by Crippen LogP contribution is -2.29. The molecule has 0 spiro atoms. The second kappa shape index (κ2) is 7.28. The Balaban J connectivity index is 2.82. The number of hydrogen-bond donors (Lipinski definition) is 1. The second-order valence-corrected chi connectivity index (χ2v) is 6.42. The van der Waals surface area contributed by atoms with Crippen molar-refractivity contribution in [3.8, 4) is 5.75 Å². The van der Waals surface area contributed by atoms with Gasteiger partial charge in [-0.3, -0.25) is 4.79 Å². The molecule has 0 aliphatic rings. The molecule has 118 valence electrons. The molecule has 0 aliphatic carbocycles. The summed E-state index contributed by atoms with van der Waals surface area (Å²) in [4.78, 5) is 11.0. The fourth-order valence-corrected chi connectivity index (χ4v) is 3.03. The molecule has 0 saturated heterocycles. The number of carbonyl (C=O) groups excluding carboxylic acids is 1. The maximum absolute atomic E-state index is 12.4. The molecule has 0 fully saturated rings. The van der Waals surface area contributed by atoms with Crippen LogP contribution in [0.25, 0.3) is 0 Å². The smallest absolute Gasteiger partial charge is 0.305 e. The number of nitrogen functional groups attached to an aromatic ring is 1. The Bertz CT molecular complexity index is 601. The van der Waals surface area contributed by atoms with Crippen LogP contribution in [0.4, 0.5) is 5.69 Å². The monoisotopic (exact) mass is 316 g/mol. The summed E-state index contributed by atoms with van der Waals surface area (Å²) in [6.45, 7) is 0.197. The van der Waals surface area contributed by atoms with Crippen molar-refractivity contribution in [2.45, 2.75) is 17.7 Å². The summed E-state index contributed by atoms with van der Waals surface area (Å²) < 4.78 is 35.4. The van der Waals surface area contributed by atoms with Crippen LogP contribution in [0.1, 0.15) is 12.8 Å². The number of benzene rings is 1. The highest BCUT2D eigenvalue weighted by atomic mass is 32.2. The summed E-state index contributed by atoms with van der Waals surface area (Å²) in [5.74, 6) is 0.115. The van der Waals surface area contributed by atoms with Crippen LogP contribution in [-0.2, 0) is 19.6 Å². The number of sulfonamides is 1. The molecule has 0 aliphatic heterocycles. The molecule has 1 aromatic rings. The van der Waals surface area contributed by atoms with E-state index >= 15 is 0 Å². The van der Waals surface area contributed by atoms with Crippen molar-refractivity contribution < 1.29 is 22.7 Å². The highest BCUT2D eigenvalue weighted by molar-refractivity contribution is 7.89. The highest BCUT2D eigenvalue weighted by Crippen LogP contribution is 2.26. The van der Waals surface area contributed by atoms with E-state index in [9.17, 15) is 13.2 Å². The molecule has 7 nitrogen and oxygen atoms in total. The van der Waals surface area contributed by atoms with Crippen LogP contribution in [0.15, 0.2) is 23.1 Å². The first-order valence-corrected chi connectivity index (χ1v) is 7.73. The standard InChI is InChI=1S/C13H20N2O5S/c1-15(8-4-5-13(16)20-3)21(17,18)12-7-6-10(19-2)9-11(12)14/h6-7,9H,4-5,8,14H2,1-3H3. The molecule has 0 amide bonds. The van der Waals surface area contributed by atoms with Crippen molar-refractivity contribution >= 4 is 21.7 Å². The minimum absolute atomic E-state index is 0.0175. The van der Waals surface area contributed by atoms with Crippen molar-refractivity contribution in [1.29, 1.82) is 0 Å². The van der Waals surface area contributed by atoms with E-state index in [1.807, 2.05) is 0 Å². The summed E-state index contributed by atoms with van der Waals surface area (Å²) in [6.07, 6.45) is 0.535.